The molecule has 0 spiro atoms. The summed E-state index contributed by atoms with van der Waals surface area (Å²) in [6.45, 7) is 3.84. The van der Waals surface area contributed by atoms with Crippen LogP contribution in [0.5, 0.6) is 0 Å². The van der Waals surface area contributed by atoms with Crippen molar-refractivity contribution in [2.24, 2.45) is 11.8 Å². The van der Waals surface area contributed by atoms with Gasteiger partial charge in [0.05, 0.1) is 25.6 Å². The number of nitrogens with one attached hydrogen (secondary N) is 1. The van der Waals surface area contributed by atoms with Crippen LogP contribution < -0.4 is 5.32 Å². The molecule has 0 saturated carbocycles. The number of amides is 1. The van der Waals surface area contributed by atoms with Crippen molar-refractivity contribution in [1.82, 2.24) is 5.32 Å². The first-order valence-corrected chi connectivity index (χ1v) is 10.3. The highest BCUT2D eigenvalue weighted by Crippen LogP contribution is 2.51. The summed E-state index contributed by atoms with van der Waals surface area (Å²) in [5.74, 6) is -0.410. The summed E-state index contributed by atoms with van der Waals surface area (Å²) in [5.41, 5.74) is -0.885. The summed E-state index contributed by atoms with van der Waals surface area (Å²) >= 11 is 1.39. The zero-order chi connectivity index (χ0) is 19.4. The first kappa shape index (κ1) is 21.3. The first-order chi connectivity index (χ1) is 12.4. The van der Waals surface area contributed by atoms with Crippen molar-refractivity contribution in [2.45, 2.75) is 62.5 Å². The van der Waals surface area contributed by atoms with E-state index in [0.717, 1.165) is 19.3 Å². The molecule has 148 valence electrons. The van der Waals surface area contributed by atoms with E-state index in [0.29, 0.717) is 12.2 Å². The van der Waals surface area contributed by atoms with Gasteiger partial charge in [-0.25, -0.2) is 0 Å². The number of carbonyl (C=O) groups excluding carboxylic acids is 2. The summed E-state index contributed by atoms with van der Waals surface area (Å²) in [6.07, 6.45) is 7.02. The molecule has 5 atom stereocenters. The van der Waals surface area contributed by atoms with Crippen molar-refractivity contribution < 1.29 is 24.2 Å². The van der Waals surface area contributed by atoms with Crippen molar-refractivity contribution in [2.75, 3.05) is 20.0 Å². The number of thioether (sulfide) groups is 1. The fourth-order valence-electron chi connectivity index (χ4n) is 4.21. The van der Waals surface area contributed by atoms with Crippen molar-refractivity contribution in [3.05, 3.63) is 12.2 Å². The lowest BCUT2D eigenvalue weighted by molar-refractivity contribution is -0.140. The van der Waals surface area contributed by atoms with Crippen LogP contribution in [0.4, 0.5) is 0 Å². The fourth-order valence-corrected chi connectivity index (χ4v) is 5.83. The third-order valence-electron chi connectivity index (χ3n) is 5.84. The van der Waals surface area contributed by atoms with Gasteiger partial charge in [0.2, 0.25) is 5.91 Å². The molecule has 6 nitrogen and oxygen atoms in total. The Morgan fingerprint density at radius 1 is 1.50 bits per heavy atom. The first-order valence-electron chi connectivity index (χ1n) is 9.29. The summed E-state index contributed by atoms with van der Waals surface area (Å²) in [5, 5.41) is 14.4. The lowest BCUT2D eigenvalue weighted by Gasteiger charge is -2.48. The number of rotatable bonds is 8. The number of aliphatic hydroxyl groups is 1. The van der Waals surface area contributed by atoms with Crippen LogP contribution in [0.1, 0.15) is 46.0 Å². The van der Waals surface area contributed by atoms with E-state index in [1.54, 1.807) is 7.11 Å². The predicted octanol–water partition coefficient (Wildman–Crippen LogP) is 2.26. The maximum atomic E-state index is 12.7. The molecule has 1 saturated heterocycles. The molecule has 26 heavy (non-hydrogen) atoms. The molecular weight excluding hydrogens is 354 g/mol. The fraction of sp³-hybridized carbons (Fsp3) is 0.789. The molecule has 0 radical (unpaired) electrons. The molecule has 0 aromatic heterocycles. The number of hydrogen-bond acceptors (Lipinski definition) is 6. The number of ether oxygens (including phenoxy) is 2. The van der Waals surface area contributed by atoms with E-state index in [4.69, 9.17) is 9.47 Å². The second kappa shape index (κ2) is 8.76. The molecule has 1 fully saturated rings. The van der Waals surface area contributed by atoms with Gasteiger partial charge in [-0.1, -0.05) is 19.1 Å². The minimum absolute atomic E-state index is 0.0558. The minimum Gasteiger partial charge on any atom is -0.469 e. The molecule has 1 heterocycles. The molecule has 1 amide bonds. The highest BCUT2D eigenvalue weighted by molar-refractivity contribution is 8.00. The smallest absolute Gasteiger partial charge is 0.306 e. The third kappa shape index (κ3) is 3.66. The normalized spacial score (nSPS) is 35.2. The maximum absolute atomic E-state index is 12.7. The van der Waals surface area contributed by atoms with Gasteiger partial charge in [-0.3, -0.25) is 9.59 Å². The van der Waals surface area contributed by atoms with Crippen LogP contribution in [0.25, 0.3) is 0 Å². The zero-order valence-electron chi connectivity index (χ0n) is 16.1. The Bertz CT molecular complexity index is 554. The van der Waals surface area contributed by atoms with Gasteiger partial charge in [-0.05, 0) is 32.6 Å². The van der Waals surface area contributed by atoms with Gasteiger partial charge in [-0.15, -0.1) is 11.8 Å². The van der Waals surface area contributed by atoms with E-state index in [-0.39, 0.29) is 30.1 Å². The number of methoxy groups -OCH3 is 2. The second-order valence-electron chi connectivity index (χ2n) is 7.14. The van der Waals surface area contributed by atoms with Crippen molar-refractivity contribution >= 4 is 23.6 Å². The molecule has 1 aliphatic carbocycles. The van der Waals surface area contributed by atoms with E-state index in [9.17, 15) is 14.7 Å². The number of hydrogen-bond donors (Lipinski definition) is 2. The van der Waals surface area contributed by atoms with Crippen molar-refractivity contribution in [3.8, 4) is 0 Å². The van der Waals surface area contributed by atoms with Crippen LogP contribution in [0.15, 0.2) is 12.2 Å². The standard InChI is InChI=1S/C19H31NO5S/c1-5-14-17(23)20-19(18(14,2)25-4,26-12-11-15(21)24-3)16(22)13-9-7-6-8-10-13/h7,9,13-14,16,22H,5-6,8,10-12H2,1-4H3,(H,20,23). The average Bonchev–Trinajstić information content (AvgIpc) is 2.88. The topological polar surface area (TPSA) is 84.9 Å². The molecule has 1 aliphatic heterocycles. The molecule has 0 aromatic rings. The molecular formula is C19H31NO5S. The van der Waals surface area contributed by atoms with Crippen LogP contribution in [0.2, 0.25) is 0 Å². The van der Waals surface area contributed by atoms with E-state index < -0.39 is 16.6 Å². The number of allylic oxidation sites excluding steroid dienone is 1. The average molecular weight is 386 g/mol. The van der Waals surface area contributed by atoms with Crippen LogP contribution in [-0.2, 0) is 19.1 Å². The molecule has 7 heteroatoms. The predicted molar refractivity (Wildman–Crippen MR) is 102 cm³/mol. The SMILES string of the molecule is CCC1C(=O)NC(SCCC(=O)OC)(C(O)C2C=CCCC2)C1(C)OC. The number of aliphatic hydroxyl groups excluding tert-OH is 1. The summed E-state index contributed by atoms with van der Waals surface area (Å²) in [7, 11) is 2.94. The molecule has 5 unspecified atom stereocenters. The lowest BCUT2D eigenvalue weighted by atomic mass is 9.77. The van der Waals surface area contributed by atoms with Gasteiger partial charge in [0.25, 0.3) is 0 Å². The van der Waals surface area contributed by atoms with Crippen LogP contribution >= 0.6 is 11.8 Å². The molecule has 2 rings (SSSR count). The minimum atomic E-state index is -1.01. The largest absolute Gasteiger partial charge is 0.469 e. The van der Waals surface area contributed by atoms with E-state index in [1.807, 2.05) is 19.9 Å². The van der Waals surface area contributed by atoms with Gasteiger partial charge >= 0.3 is 5.97 Å². The van der Waals surface area contributed by atoms with Gasteiger partial charge in [0.1, 0.15) is 10.5 Å². The Hall–Kier alpha value is -1.05. The van der Waals surface area contributed by atoms with Crippen LogP contribution in [0.3, 0.4) is 0 Å². The Kier molecular flexibility index (Phi) is 7.16. The third-order valence-corrected chi connectivity index (χ3v) is 7.45. The second-order valence-corrected chi connectivity index (χ2v) is 8.48. The highest BCUT2D eigenvalue weighted by Gasteiger charge is 2.66. The Balaban J connectivity index is 2.37. The van der Waals surface area contributed by atoms with Crippen molar-refractivity contribution in [1.29, 1.82) is 0 Å². The quantitative estimate of drug-likeness (QED) is 0.492. The number of carbonyl (C=O) groups is 2. The summed E-state index contributed by atoms with van der Waals surface area (Å²) in [6, 6.07) is 0. The van der Waals surface area contributed by atoms with E-state index in [1.165, 1.54) is 18.9 Å². The molecule has 2 N–H and O–H groups in total. The molecule has 0 bridgehead atoms. The maximum Gasteiger partial charge on any atom is 0.306 e. The van der Waals surface area contributed by atoms with E-state index >= 15 is 0 Å². The Morgan fingerprint density at radius 3 is 2.77 bits per heavy atom. The molecule has 2 aliphatic rings. The van der Waals surface area contributed by atoms with Crippen molar-refractivity contribution in [3.63, 3.8) is 0 Å². The monoisotopic (exact) mass is 385 g/mol. The zero-order valence-corrected chi connectivity index (χ0v) is 16.9. The van der Waals surface area contributed by atoms with E-state index in [2.05, 4.69) is 11.4 Å². The van der Waals surface area contributed by atoms with Gasteiger partial charge < -0.3 is 19.9 Å². The van der Waals surface area contributed by atoms with Crippen LogP contribution in [-0.4, -0.2) is 53.5 Å². The Labute approximate surface area is 160 Å². The molecule has 0 aromatic carbocycles. The van der Waals surface area contributed by atoms with Gasteiger partial charge in [0, 0.05) is 18.8 Å². The lowest BCUT2D eigenvalue weighted by Crippen LogP contribution is -2.64. The van der Waals surface area contributed by atoms with Gasteiger partial charge in [-0.2, -0.15) is 0 Å². The Morgan fingerprint density at radius 2 is 2.23 bits per heavy atom. The highest BCUT2D eigenvalue weighted by atomic mass is 32.2. The number of esters is 1. The summed E-state index contributed by atoms with van der Waals surface area (Å²) < 4.78 is 10.6. The summed E-state index contributed by atoms with van der Waals surface area (Å²) in [4.78, 5) is 23.2. The van der Waals surface area contributed by atoms with Crippen LogP contribution in [0, 0.1) is 11.8 Å². The van der Waals surface area contributed by atoms with Gasteiger partial charge in [0.15, 0.2) is 0 Å².